The molecule has 0 aliphatic heterocycles. The zero-order valence-corrected chi connectivity index (χ0v) is 16.1. The number of amides is 1. The molecule has 1 amide bonds. The molecule has 1 N–H and O–H groups in total. The fourth-order valence-corrected chi connectivity index (χ4v) is 3.43. The van der Waals surface area contributed by atoms with Crippen molar-refractivity contribution in [1.29, 1.82) is 0 Å². The molecule has 140 valence electrons. The van der Waals surface area contributed by atoms with Crippen molar-refractivity contribution in [3.8, 4) is 5.75 Å². The van der Waals surface area contributed by atoms with E-state index in [0.717, 1.165) is 22.6 Å². The van der Waals surface area contributed by atoms with Crippen LogP contribution in [0.1, 0.15) is 10.4 Å². The first-order chi connectivity index (χ1) is 13.2. The van der Waals surface area contributed by atoms with Gasteiger partial charge >= 0.3 is 0 Å². The fourth-order valence-electron chi connectivity index (χ4n) is 2.35. The number of hydrogen-bond donors (Lipinski definition) is 1. The van der Waals surface area contributed by atoms with Gasteiger partial charge < -0.3 is 9.47 Å². The van der Waals surface area contributed by atoms with E-state index in [1.807, 2.05) is 54.6 Å². The SMILES string of the molecule is O=C(COCCOc1ccccc1)Nc1ncc(Cc2cccc(Cl)c2)s1. The largest absolute Gasteiger partial charge is 0.491 e. The maximum Gasteiger partial charge on any atom is 0.252 e. The first-order valence-electron chi connectivity index (χ1n) is 8.43. The van der Waals surface area contributed by atoms with E-state index in [1.54, 1.807) is 6.20 Å². The van der Waals surface area contributed by atoms with Crippen molar-refractivity contribution in [3.63, 3.8) is 0 Å². The van der Waals surface area contributed by atoms with Crippen molar-refractivity contribution in [2.75, 3.05) is 25.1 Å². The number of hydrogen-bond acceptors (Lipinski definition) is 5. The normalized spacial score (nSPS) is 10.6. The molecule has 0 atom stereocenters. The number of nitrogens with zero attached hydrogens (tertiary/aromatic N) is 1. The lowest BCUT2D eigenvalue weighted by molar-refractivity contribution is -0.120. The van der Waals surface area contributed by atoms with Crippen molar-refractivity contribution in [3.05, 3.63) is 76.3 Å². The topological polar surface area (TPSA) is 60.5 Å². The van der Waals surface area contributed by atoms with Crippen molar-refractivity contribution >= 4 is 34.0 Å². The Balaban J connectivity index is 1.36. The second-order valence-corrected chi connectivity index (χ2v) is 7.25. The van der Waals surface area contributed by atoms with Gasteiger partial charge in [0.2, 0.25) is 0 Å². The summed E-state index contributed by atoms with van der Waals surface area (Å²) in [7, 11) is 0. The van der Waals surface area contributed by atoms with E-state index in [0.29, 0.717) is 23.4 Å². The predicted molar refractivity (Wildman–Crippen MR) is 108 cm³/mol. The molecule has 3 aromatic rings. The number of anilines is 1. The molecule has 2 aromatic carbocycles. The van der Waals surface area contributed by atoms with Gasteiger partial charge in [-0.3, -0.25) is 10.1 Å². The Labute approximate surface area is 166 Å². The molecule has 1 heterocycles. The van der Waals surface area contributed by atoms with Crippen LogP contribution in [0.5, 0.6) is 5.75 Å². The maximum absolute atomic E-state index is 11.9. The van der Waals surface area contributed by atoms with Crippen molar-refractivity contribution < 1.29 is 14.3 Å². The lowest BCUT2D eigenvalue weighted by atomic mass is 10.1. The van der Waals surface area contributed by atoms with E-state index in [1.165, 1.54) is 11.3 Å². The van der Waals surface area contributed by atoms with E-state index >= 15 is 0 Å². The molecule has 0 bridgehead atoms. The molecule has 7 heteroatoms. The quantitative estimate of drug-likeness (QED) is 0.538. The number of carbonyl (C=O) groups is 1. The Morgan fingerprint density at radius 2 is 1.96 bits per heavy atom. The highest BCUT2D eigenvalue weighted by Crippen LogP contribution is 2.22. The van der Waals surface area contributed by atoms with Gasteiger partial charge in [0.15, 0.2) is 5.13 Å². The number of carbonyl (C=O) groups excluding carboxylic acids is 1. The van der Waals surface area contributed by atoms with E-state index < -0.39 is 0 Å². The van der Waals surface area contributed by atoms with Gasteiger partial charge in [0, 0.05) is 22.5 Å². The molecule has 27 heavy (non-hydrogen) atoms. The van der Waals surface area contributed by atoms with Crippen LogP contribution in [0.25, 0.3) is 0 Å². The third-order valence-electron chi connectivity index (χ3n) is 3.54. The Bertz CT molecular complexity index is 870. The van der Waals surface area contributed by atoms with Crippen LogP contribution in [0, 0.1) is 0 Å². The zero-order valence-electron chi connectivity index (χ0n) is 14.6. The number of ether oxygens (including phenoxy) is 2. The Hall–Kier alpha value is -2.41. The van der Waals surface area contributed by atoms with E-state index in [9.17, 15) is 4.79 Å². The van der Waals surface area contributed by atoms with Crippen molar-refractivity contribution in [1.82, 2.24) is 4.98 Å². The molecular formula is C20H19ClN2O3S. The Morgan fingerprint density at radius 3 is 2.78 bits per heavy atom. The summed E-state index contributed by atoms with van der Waals surface area (Å²) in [6, 6.07) is 17.2. The third kappa shape index (κ3) is 6.67. The van der Waals surface area contributed by atoms with Crippen LogP contribution < -0.4 is 10.1 Å². The summed E-state index contributed by atoms with van der Waals surface area (Å²) >= 11 is 7.44. The predicted octanol–water partition coefficient (Wildman–Crippen LogP) is 4.42. The molecule has 0 radical (unpaired) electrons. The van der Waals surface area contributed by atoms with E-state index in [-0.39, 0.29) is 12.5 Å². The number of benzene rings is 2. The molecule has 0 aliphatic carbocycles. The van der Waals surface area contributed by atoms with Gasteiger partial charge in [0.25, 0.3) is 5.91 Å². The highest BCUT2D eigenvalue weighted by atomic mass is 35.5. The van der Waals surface area contributed by atoms with Crippen LogP contribution in [-0.2, 0) is 16.0 Å². The van der Waals surface area contributed by atoms with E-state index in [2.05, 4.69) is 10.3 Å². The van der Waals surface area contributed by atoms with Gasteiger partial charge in [-0.25, -0.2) is 4.98 Å². The lowest BCUT2D eigenvalue weighted by Gasteiger charge is -2.06. The number of aromatic nitrogens is 1. The third-order valence-corrected chi connectivity index (χ3v) is 4.69. The van der Waals surface area contributed by atoms with Crippen LogP contribution in [0.3, 0.4) is 0 Å². The summed E-state index contributed by atoms with van der Waals surface area (Å²) in [5.41, 5.74) is 1.10. The first-order valence-corrected chi connectivity index (χ1v) is 9.63. The van der Waals surface area contributed by atoms with Crippen LogP contribution in [-0.4, -0.2) is 30.7 Å². The average molecular weight is 403 g/mol. The zero-order chi connectivity index (χ0) is 18.9. The summed E-state index contributed by atoms with van der Waals surface area (Å²) in [5.74, 6) is 0.541. The highest BCUT2D eigenvalue weighted by Gasteiger charge is 2.08. The Morgan fingerprint density at radius 1 is 1.11 bits per heavy atom. The number of thiazole rings is 1. The van der Waals surface area contributed by atoms with Gasteiger partial charge in [-0.05, 0) is 29.8 Å². The summed E-state index contributed by atoms with van der Waals surface area (Å²) in [6.07, 6.45) is 2.48. The second-order valence-electron chi connectivity index (χ2n) is 5.70. The number of halogens is 1. The highest BCUT2D eigenvalue weighted by molar-refractivity contribution is 7.15. The molecule has 0 spiro atoms. The monoisotopic (exact) mass is 402 g/mol. The average Bonchev–Trinajstić information content (AvgIpc) is 3.09. The Kier molecular flexibility index (Phi) is 7.21. The molecule has 0 saturated carbocycles. The smallest absolute Gasteiger partial charge is 0.252 e. The standard InChI is InChI=1S/C20H19ClN2O3S/c21-16-6-4-5-15(11-16)12-18-13-22-20(27-18)23-19(24)14-25-9-10-26-17-7-2-1-3-8-17/h1-8,11,13H,9-10,12,14H2,(H,22,23,24). The van der Waals surface area contributed by atoms with Crippen molar-refractivity contribution in [2.45, 2.75) is 6.42 Å². The van der Waals surface area contributed by atoms with Gasteiger partial charge in [0.05, 0.1) is 6.61 Å². The number of nitrogens with one attached hydrogen (secondary N) is 1. The van der Waals surface area contributed by atoms with Gasteiger partial charge in [-0.15, -0.1) is 11.3 Å². The van der Waals surface area contributed by atoms with Crippen LogP contribution in [0.15, 0.2) is 60.8 Å². The fraction of sp³-hybridized carbons (Fsp3) is 0.200. The van der Waals surface area contributed by atoms with Crippen LogP contribution in [0.2, 0.25) is 5.02 Å². The summed E-state index contributed by atoms with van der Waals surface area (Å²) in [4.78, 5) is 17.2. The van der Waals surface area contributed by atoms with Crippen LogP contribution in [0.4, 0.5) is 5.13 Å². The van der Waals surface area contributed by atoms with Crippen LogP contribution >= 0.6 is 22.9 Å². The molecule has 3 rings (SSSR count). The molecule has 0 fully saturated rings. The minimum atomic E-state index is -0.238. The summed E-state index contributed by atoms with van der Waals surface area (Å²) in [6.45, 7) is 0.680. The summed E-state index contributed by atoms with van der Waals surface area (Å²) < 4.78 is 10.8. The van der Waals surface area contributed by atoms with Gasteiger partial charge in [-0.2, -0.15) is 0 Å². The van der Waals surface area contributed by atoms with Gasteiger partial charge in [-0.1, -0.05) is 41.9 Å². The number of para-hydroxylation sites is 1. The maximum atomic E-state index is 11.9. The van der Waals surface area contributed by atoms with Gasteiger partial charge in [0.1, 0.15) is 19.0 Å². The summed E-state index contributed by atoms with van der Waals surface area (Å²) in [5, 5.41) is 4.01. The van der Waals surface area contributed by atoms with E-state index in [4.69, 9.17) is 21.1 Å². The molecule has 0 aliphatic rings. The molecule has 5 nitrogen and oxygen atoms in total. The molecule has 0 unspecified atom stereocenters. The minimum absolute atomic E-state index is 0.0403. The molecular weight excluding hydrogens is 384 g/mol. The second kappa shape index (κ2) is 10.1. The first kappa shape index (κ1) is 19.4. The molecule has 0 saturated heterocycles. The molecule has 1 aromatic heterocycles. The number of rotatable bonds is 9. The lowest BCUT2D eigenvalue weighted by Crippen LogP contribution is -2.20. The van der Waals surface area contributed by atoms with Crippen molar-refractivity contribution in [2.24, 2.45) is 0 Å². The minimum Gasteiger partial charge on any atom is -0.491 e.